The topological polar surface area (TPSA) is 79.5 Å². The molecule has 34 heavy (non-hydrogen) atoms. The molecule has 6 nitrogen and oxygen atoms in total. The van der Waals surface area contributed by atoms with Gasteiger partial charge in [0, 0.05) is 31.6 Å². The molecule has 0 saturated heterocycles. The fourth-order valence-corrected chi connectivity index (χ4v) is 4.79. The van der Waals surface area contributed by atoms with Gasteiger partial charge in [0.2, 0.25) is 5.91 Å². The molecular formula is C28H39N3O3. The summed E-state index contributed by atoms with van der Waals surface area (Å²) in [5, 5.41) is 9.27. The molecule has 0 aromatic heterocycles. The molecular weight excluding hydrogens is 426 g/mol. The summed E-state index contributed by atoms with van der Waals surface area (Å²) >= 11 is 0. The van der Waals surface area contributed by atoms with E-state index in [1.807, 2.05) is 61.6 Å². The van der Waals surface area contributed by atoms with Crippen molar-refractivity contribution in [2.75, 3.05) is 26.7 Å². The van der Waals surface area contributed by atoms with Crippen molar-refractivity contribution >= 4 is 11.8 Å². The van der Waals surface area contributed by atoms with Gasteiger partial charge in [0.15, 0.2) is 0 Å². The molecule has 0 spiro atoms. The molecule has 2 aromatic rings. The van der Waals surface area contributed by atoms with E-state index in [1.54, 1.807) is 0 Å². The Morgan fingerprint density at radius 1 is 1.00 bits per heavy atom. The molecule has 1 fully saturated rings. The zero-order valence-electron chi connectivity index (χ0n) is 20.5. The van der Waals surface area contributed by atoms with Gasteiger partial charge in [0.05, 0.1) is 6.61 Å². The number of amides is 2. The van der Waals surface area contributed by atoms with Crippen LogP contribution in [0.25, 0.3) is 0 Å². The lowest BCUT2D eigenvalue weighted by Gasteiger charge is -2.27. The Morgan fingerprint density at radius 3 is 2.44 bits per heavy atom. The van der Waals surface area contributed by atoms with Crippen molar-refractivity contribution < 1.29 is 14.3 Å². The van der Waals surface area contributed by atoms with Crippen molar-refractivity contribution in [2.45, 2.75) is 57.6 Å². The van der Waals surface area contributed by atoms with Crippen LogP contribution in [0.4, 0.5) is 0 Å². The summed E-state index contributed by atoms with van der Waals surface area (Å²) in [5.41, 5.74) is 2.56. The quantitative estimate of drug-likeness (QED) is 0.410. The molecule has 0 heterocycles. The first-order valence-corrected chi connectivity index (χ1v) is 12.5. The fraction of sp³-hybridized carbons (Fsp3) is 0.500. The van der Waals surface area contributed by atoms with Crippen LogP contribution in [0.3, 0.4) is 0 Å². The number of carbonyl (C=O) groups is 2. The minimum atomic E-state index is -0.321. The number of rotatable bonds is 12. The third-order valence-corrected chi connectivity index (χ3v) is 6.44. The van der Waals surface area contributed by atoms with Crippen LogP contribution in [0.15, 0.2) is 54.6 Å². The third-order valence-electron chi connectivity index (χ3n) is 6.44. The number of ether oxygens (including phenoxy) is 1. The number of nitrogens with one attached hydrogen (secondary N) is 3. The van der Waals surface area contributed by atoms with E-state index in [-0.39, 0.29) is 24.0 Å². The van der Waals surface area contributed by atoms with Gasteiger partial charge >= 0.3 is 0 Å². The molecule has 184 valence electrons. The van der Waals surface area contributed by atoms with Crippen LogP contribution < -0.4 is 16.0 Å². The lowest BCUT2D eigenvalue weighted by Crippen LogP contribution is -2.42. The predicted octanol–water partition coefficient (Wildman–Crippen LogP) is 4.22. The van der Waals surface area contributed by atoms with Crippen molar-refractivity contribution in [3.05, 3.63) is 71.3 Å². The molecule has 0 radical (unpaired) electrons. The van der Waals surface area contributed by atoms with Crippen LogP contribution in [-0.4, -0.2) is 44.6 Å². The van der Waals surface area contributed by atoms with Gasteiger partial charge in [-0.05, 0) is 42.6 Å². The average molecular weight is 466 g/mol. The summed E-state index contributed by atoms with van der Waals surface area (Å²) in [5.74, 6) is 0.559. The van der Waals surface area contributed by atoms with E-state index in [0.29, 0.717) is 24.6 Å². The molecule has 2 aromatic carbocycles. The Balaban J connectivity index is 1.71. The number of likely N-dealkylation sites (N-methyl/N-ethyl adjacent to an activating group) is 1. The first-order chi connectivity index (χ1) is 16.6. The van der Waals surface area contributed by atoms with Crippen LogP contribution >= 0.6 is 0 Å². The summed E-state index contributed by atoms with van der Waals surface area (Å²) in [4.78, 5) is 24.4. The van der Waals surface area contributed by atoms with Crippen LogP contribution in [0, 0.1) is 5.92 Å². The average Bonchev–Trinajstić information content (AvgIpc) is 2.85. The summed E-state index contributed by atoms with van der Waals surface area (Å²) in [6.45, 7) is 3.07. The lowest BCUT2D eigenvalue weighted by atomic mass is 9.84. The zero-order chi connectivity index (χ0) is 24.2. The molecule has 1 aliphatic carbocycles. The van der Waals surface area contributed by atoms with E-state index < -0.39 is 0 Å². The summed E-state index contributed by atoms with van der Waals surface area (Å²) in [7, 11) is 1.93. The van der Waals surface area contributed by atoms with Gasteiger partial charge in [-0.1, -0.05) is 74.6 Å². The summed E-state index contributed by atoms with van der Waals surface area (Å²) in [6.07, 6.45) is 7.16. The summed E-state index contributed by atoms with van der Waals surface area (Å²) in [6, 6.07) is 17.7. The fourth-order valence-electron chi connectivity index (χ4n) is 4.79. The number of benzene rings is 2. The molecule has 2 amide bonds. The van der Waals surface area contributed by atoms with E-state index in [9.17, 15) is 9.59 Å². The Kier molecular flexibility index (Phi) is 10.6. The monoisotopic (exact) mass is 465 g/mol. The first kappa shape index (κ1) is 25.9. The second-order valence-corrected chi connectivity index (χ2v) is 9.24. The maximum atomic E-state index is 13.2. The lowest BCUT2D eigenvalue weighted by molar-refractivity contribution is -0.119. The highest BCUT2D eigenvalue weighted by Gasteiger charge is 2.22. The van der Waals surface area contributed by atoms with Gasteiger partial charge in [-0.3, -0.25) is 9.59 Å². The van der Waals surface area contributed by atoms with Crippen molar-refractivity contribution in [2.24, 2.45) is 5.92 Å². The number of hydrogen-bond acceptors (Lipinski definition) is 4. The smallest absolute Gasteiger partial charge is 0.251 e. The molecule has 0 aliphatic heterocycles. The third kappa shape index (κ3) is 8.26. The Hall–Kier alpha value is -2.70. The van der Waals surface area contributed by atoms with E-state index in [2.05, 4.69) is 16.0 Å². The molecule has 1 unspecified atom stereocenters. The standard InChI is InChI=1S/C28H39N3O3/c1-21(32)30-16-17-34-27(23-12-7-4-8-13-23)24-14-9-15-25(19-24)28(33)31-26(20-29-2)18-22-10-5-3-6-11-22/h4,7-9,12-15,19,22,26-27,29H,3,5-6,10-11,16-18,20H2,1-2H3,(H,30,32)(H,31,33)/t26?,27-/m0/s1. The molecule has 6 heteroatoms. The maximum absolute atomic E-state index is 13.2. The van der Waals surface area contributed by atoms with Crippen molar-refractivity contribution in [3.63, 3.8) is 0 Å². The second-order valence-electron chi connectivity index (χ2n) is 9.24. The van der Waals surface area contributed by atoms with Gasteiger partial charge < -0.3 is 20.7 Å². The zero-order valence-corrected chi connectivity index (χ0v) is 20.5. The van der Waals surface area contributed by atoms with Gasteiger partial charge in [0.25, 0.3) is 5.91 Å². The first-order valence-electron chi connectivity index (χ1n) is 12.5. The molecule has 3 N–H and O–H groups in total. The van der Waals surface area contributed by atoms with Gasteiger partial charge in [-0.2, -0.15) is 0 Å². The highest BCUT2D eigenvalue weighted by Crippen LogP contribution is 2.28. The van der Waals surface area contributed by atoms with E-state index in [4.69, 9.17) is 4.74 Å². The number of hydrogen-bond donors (Lipinski definition) is 3. The molecule has 1 aliphatic rings. The largest absolute Gasteiger partial charge is 0.367 e. The maximum Gasteiger partial charge on any atom is 0.251 e. The minimum absolute atomic E-state index is 0.0528. The summed E-state index contributed by atoms with van der Waals surface area (Å²) < 4.78 is 6.16. The van der Waals surface area contributed by atoms with E-state index >= 15 is 0 Å². The Morgan fingerprint density at radius 2 is 1.74 bits per heavy atom. The number of carbonyl (C=O) groups excluding carboxylic acids is 2. The molecule has 2 atom stereocenters. The van der Waals surface area contributed by atoms with Crippen molar-refractivity contribution in [1.82, 2.24) is 16.0 Å². The highest BCUT2D eigenvalue weighted by atomic mass is 16.5. The van der Waals surface area contributed by atoms with Gasteiger partial charge in [-0.25, -0.2) is 0 Å². The Bertz CT molecular complexity index is 897. The van der Waals surface area contributed by atoms with Gasteiger partial charge in [-0.15, -0.1) is 0 Å². The van der Waals surface area contributed by atoms with Crippen molar-refractivity contribution in [3.8, 4) is 0 Å². The highest BCUT2D eigenvalue weighted by molar-refractivity contribution is 5.94. The van der Waals surface area contributed by atoms with Crippen molar-refractivity contribution in [1.29, 1.82) is 0 Å². The SMILES string of the molecule is CNCC(CC1CCCCC1)NC(=O)c1cccc([C@@H](OCCNC(C)=O)c2ccccc2)c1. The van der Waals surface area contributed by atoms with Crippen LogP contribution in [0.5, 0.6) is 0 Å². The molecule has 1 saturated carbocycles. The second kappa shape index (κ2) is 13.9. The van der Waals surface area contributed by atoms with Crippen LogP contribution in [0.2, 0.25) is 0 Å². The van der Waals surface area contributed by atoms with Crippen LogP contribution in [-0.2, 0) is 9.53 Å². The van der Waals surface area contributed by atoms with E-state index in [0.717, 1.165) is 24.1 Å². The minimum Gasteiger partial charge on any atom is -0.367 e. The predicted molar refractivity (Wildman–Crippen MR) is 136 cm³/mol. The molecule has 3 rings (SSSR count). The van der Waals surface area contributed by atoms with Crippen LogP contribution in [0.1, 0.15) is 73.0 Å². The Labute approximate surface area is 203 Å². The molecule has 0 bridgehead atoms. The normalized spacial score (nSPS) is 15.9. The van der Waals surface area contributed by atoms with Gasteiger partial charge in [0.1, 0.15) is 6.10 Å². The van der Waals surface area contributed by atoms with E-state index in [1.165, 1.54) is 39.0 Å².